The highest BCUT2D eigenvalue weighted by Gasteiger charge is 2.20. The van der Waals surface area contributed by atoms with E-state index in [0.717, 1.165) is 5.56 Å². The van der Waals surface area contributed by atoms with Crippen molar-refractivity contribution in [3.05, 3.63) is 65.7 Å². The molecule has 2 aromatic rings. The van der Waals surface area contributed by atoms with E-state index in [2.05, 4.69) is 26.0 Å². The topological polar surface area (TPSA) is 37.4 Å². The third kappa shape index (κ3) is 3.89. The normalized spacial score (nSPS) is 11.6. The molecule has 0 aliphatic carbocycles. The van der Waals surface area contributed by atoms with Crippen LogP contribution in [0.15, 0.2) is 54.6 Å². The second kappa shape index (κ2) is 6.97. The summed E-state index contributed by atoms with van der Waals surface area (Å²) in [5.41, 5.74) is 2.95. The van der Waals surface area contributed by atoms with Gasteiger partial charge in [-0.3, -0.25) is 4.31 Å². The molecule has 0 radical (unpaired) electrons. The molecule has 22 heavy (non-hydrogen) atoms. The number of hydrogen-bond acceptors (Lipinski definition) is 2. The van der Waals surface area contributed by atoms with Crippen molar-refractivity contribution in [3.63, 3.8) is 0 Å². The fraction of sp³-hybridized carbons (Fsp3) is 0.333. The Morgan fingerprint density at radius 3 is 2.05 bits per heavy atom. The van der Waals surface area contributed by atoms with Crippen LogP contribution in [-0.4, -0.2) is 14.2 Å². The van der Waals surface area contributed by atoms with Gasteiger partial charge in [-0.1, -0.05) is 56.3 Å². The van der Waals surface area contributed by atoms with Crippen LogP contribution in [0.25, 0.3) is 0 Å². The number of sulfonamides is 1. The molecule has 0 atom stereocenters. The molecule has 0 bridgehead atoms. The van der Waals surface area contributed by atoms with E-state index in [9.17, 15) is 8.42 Å². The summed E-state index contributed by atoms with van der Waals surface area (Å²) in [5.74, 6) is 0.560. The predicted molar refractivity (Wildman–Crippen MR) is 92.6 cm³/mol. The van der Waals surface area contributed by atoms with E-state index in [4.69, 9.17) is 0 Å². The van der Waals surface area contributed by atoms with Crippen LogP contribution < -0.4 is 4.31 Å². The van der Waals surface area contributed by atoms with Crippen molar-refractivity contribution in [1.29, 1.82) is 0 Å². The summed E-state index contributed by atoms with van der Waals surface area (Å²) in [6.07, 6.45) is 0. The summed E-state index contributed by atoms with van der Waals surface area (Å²) in [6.45, 7) is 6.32. The van der Waals surface area contributed by atoms with Gasteiger partial charge in [-0.05, 0) is 36.1 Å². The zero-order chi connectivity index (χ0) is 16.2. The maximum absolute atomic E-state index is 12.4. The molecular formula is C18H23NO2S. The van der Waals surface area contributed by atoms with Gasteiger partial charge in [-0.15, -0.1) is 0 Å². The van der Waals surface area contributed by atoms with Crippen LogP contribution in [-0.2, 0) is 16.6 Å². The lowest BCUT2D eigenvalue weighted by Crippen LogP contribution is -2.31. The Morgan fingerprint density at radius 1 is 0.955 bits per heavy atom. The molecule has 0 aliphatic rings. The van der Waals surface area contributed by atoms with Crippen molar-refractivity contribution >= 4 is 15.7 Å². The van der Waals surface area contributed by atoms with E-state index in [-0.39, 0.29) is 5.75 Å². The average Bonchev–Trinajstić information content (AvgIpc) is 2.53. The fourth-order valence-corrected chi connectivity index (χ4v) is 3.37. The van der Waals surface area contributed by atoms with Crippen LogP contribution in [0.3, 0.4) is 0 Å². The molecule has 0 amide bonds. The maximum atomic E-state index is 12.4. The Bertz CT molecular complexity index is 692. The van der Waals surface area contributed by atoms with Gasteiger partial charge in [0, 0.05) is 0 Å². The van der Waals surface area contributed by atoms with Gasteiger partial charge in [0.1, 0.15) is 0 Å². The molecule has 0 unspecified atom stereocenters. The third-order valence-electron chi connectivity index (χ3n) is 3.72. The number of rotatable bonds is 6. The SMILES string of the molecule is CCS(=O)(=O)N(Cc1ccc(C(C)C)cc1)c1ccccc1. The number of para-hydroxylation sites is 1. The predicted octanol–water partition coefficient (Wildman–Crippen LogP) is 4.17. The van der Waals surface area contributed by atoms with E-state index in [1.54, 1.807) is 6.92 Å². The van der Waals surface area contributed by atoms with Crippen molar-refractivity contribution < 1.29 is 8.42 Å². The van der Waals surface area contributed by atoms with E-state index in [0.29, 0.717) is 18.2 Å². The second-order valence-corrected chi connectivity index (χ2v) is 7.82. The molecule has 0 aromatic heterocycles. The zero-order valence-electron chi connectivity index (χ0n) is 13.4. The number of hydrogen-bond donors (Lipinski definition) is 0. The van der Waals surface area contributed by atoms with Crippen molar-refractivity contribution in [2.24, 2.45) is 0 Å². The van der Waals surface area contributed by atoms with Crippen LogP contribution in [0, 0.1) is 0 Å². The molecule has 0 N–H and O–H groups in total. The summed E-state index contributed by atoms with van der Waals surface area (Å²) >= 11 is 0. The highest BCUT2D eigenvalue weighted by molar-refractivity contribution is 7.92. The Hall–Kier alpha value is -1.81. The summed E-state index contributed by atoms with van der Waals surface area (Å²) in [5, 5.41) is 0. The lowest BCUT2D eigenvalue weighted by molar-refractivity contribution is 0.591. The monoisotopic (exact) mass is 317 g/mol. The zero-order valence-corrected chi connectivity index (χ0v) is 14.2. The Kier molecular flexibility index (Phi) is 5.24. The largest absolute Gasteiger partial charge is 0.266 e. The van der Waals surface area contributed by atoms with Gasteiger partial charge in [0.05, 0.1) is 18.0 Å². The molecule has 118 valence electrons. The number of anilines is 1. The molecule has 2 rings (SSSR count). The Labute approximate surface area is 133 Å². The first-order valence-corrected chi connectivity index (χ1v) is 9.19. The third-order valence-corrected chi connectivity index (χ3v) is 5.46. The first-order chi connectivity index (χ1) is 10.4. The van der Waals surface area contributed by atoms with Crippen LogP contribution in [0.5, 0.6) is 0 Å². The van der Waals surface area contributed by atoms with Crippen molar-refractivity contribution in [2.75, 3.05) is 10.1 Å². The minimum atomic E-state index is -3.30. The van der Waals surface area contributed by atoms with Gasteiger partial charge < -0.3 is 0 Å². The van der Waals surface area contributed by atoms with Gasteiger partial charge in [0.15, 0.2) is 0 Å². The van der Waals surface area contributed by atoms with E-state index in [1.165, 1.54) is 9.87 Å². The van der Waals surface area contributed by atoms with Crippen molar-refractivity contribution in [2.45, 2.75) is 33.2 Å². The summed E-state index contributed by atoms with van der Waals surface area (Å²) in [6, 6.07) is 17.4. The molecule has 3 nitrogen and oxygen atoms in total. The Morgan fingerprint density at radius 2 is 1.55 bits per heavy atom. The molecule has 0 saturated heterocycles. The minimum Gasteiger partial charge on any atom is -0.266 e. The molecule has 0 aliphatic heterocycles. The van der Waals surface area contributed by atoms with Gasteiger partial charge >= 0.3 is 0 Å². The maximum Gasteiger partial charge on any atom is 0.235 e. The van der Waals surface area contributed by atoms with Crippen LogP contribution in [0.4, 0.5) is 5.69 Å². The highest BCUT2D eigenvalue weighted by Crippen LogP contribution is 2.22. The van der Waals surface area contributed by atoms with Crippen molar-refractivity contribution in [3.8, 4) is 0 Å². The molecule has 2 aromatic carbocycles. The smallest absolute Gasteiger partial charge is 0.235 e. The first kappa shape index (κ1) is 16.6. The van der Waals surface area contributed by atoms with Crippen molar-refractivity contribution in [1.82, 2.24) is 0 Å². The summed E-state index contributed by atoms with van der Waals surface area (Å²) < 4.78 is 26.3. The number of nitrogens with zero attached hydrogens (tertiary/aromatic N) is 1. The molecule has 0 saturated carbocycles. The highest BCUT2D eigenvalue weighted by atomic mass is 32.2. The summed E-state index contributed by atoms with van der Waals surface area (Å²) in [4.78, 5) is 0. The van der Waals surface area contributed by atoms with Crippen LogP contribution in [0.2, 0.25) is 0 Å². The molecular weight excluding hydrogens is 294 g/mol. The standard InChI is InChI=1S/C18H23NO2S/c1-4-22(20,21)19(18-8-6-5-7-9-18)14-16-10-12-17(13-11-16)15(2)3/h5-13,15H,4,14H2,1-3H3. The van der Waals surface area contributed by atoms with Gasteiger partial charge in [0.25, 0.3) is 0 Å². The van der Waals surface area contributed by atoms with Gasteiger partial charge in [-0.2, -0.15) is 0 Å². The van der Waals surface area contributed by atoms with E-state index in [1.807, 2.05) is 42.5 Å². The Balaban J connectivity index is 2.31. The van der Waals surface area contributed by atoms with E-state index >= 15 is 0 Å². The van der Waals surface area contributed by atoms with E-state index < -0.39 is 10.0 Å². The quantitative estimate of drug-likeness (QED) is 0.802. The van der Waals surface area contributed by atoms with Gasteiger partial charge in [-0.25, -0.2) is 8.42 Å². The molecule has 0 heterocycles. The number of benzene rings is 2. The van der Waals surface area contributed by atoms with Crippen LogP contribution >= 0.6 is 0 Å². The minimum absolute atomic E-state index is 0.0893. The molecule has 0 fully saturated rings. The first-order valence-electron chi connectivity index (χ1n) is 7.58. The average molecular weight is 317 g/mol. The van der Waals surface area contributed by atoms with Crippen LogP contribution in [0.1, 0.15) is 37.8 Å². The second-order valence-electron chi connectivity index (χ2n) is 5.64. The lowest BCUT2D eigenvalue weighted by atomic mass is 10.0. The molecule has 0 spiro atoms. The summed E-state index contributed by atoms with van der Waals surface area (Å²) in [7, 11) is -3.30. The molecule has 4 heteroatoms. The lowest BCUT2D eigenvalue weighted by Gasteiger charge is -2.24. The van der Waals surface area contributed by atoms with Gasteiger partial charge in [0.2, 0.25) is 10.0 Å². The fourth-order valence-electron chi connectivity index (χ4n) is 2.27.